The predicted molar refractivity (Wildman–Crippen MR) is 79.9 cm³/mol. The van der Waals surface area contributed by atoms with Crippen molar-refractivity contribution in [2.45, 2.75) is 32.9 Å². The van der Waals surface area contributed by atoms with E-state index in [1.54, 1.807) is 11.3 Å². The first-order valence-corrected chi connectivity index (χ1v) is 7.29. The Morgan fingerprint density at radius 2 is 2.05 bits per heavy atom. The molecule has 0 aliphatic carbocycles. The molecule has 0 fully saturated rings. The van der Waals surface area contributed by atoms with Gasteiger partial charge in [-0.3, -0.25) is 0 Å². The molecule has 4 heteroatoms. The monoisotopic (exact) mass is 276 g/mol. The molecule has 1 unspecified atom stereocenters. The van der Waals surface area contributed by atoms with Gasteiger partial charge in [-0.1, -0.05) is 12.1 Å². The van der Waals surface area contributed by atoms with Gasteiger partial charge in [-0.15, -0.1) is 11.3 Å². The normalized spacial score (nSPS) is 12.4. The minimum absolute atomic E-state index is 0.493. The van der Waals surface area contributed by atoms with Gasteiger partial charge in [-0.2, -0.15) is 0 Å². The Morgan fingerprint density at radius 3 is 2.63 bits per heavy atom. The quantitative estimate of drug-likeness (QED) is 0.880. The van der Waals surface area contributed by atoms with Crippen LogP contribution in [-0.2, 0) is 13.0 Å². The highest BCUT2D eigenvalue weighted by Crippen LogP contribution is 2.17. The molecule has 1 aromatic carbocycles. The molecule has 1 atom stereocenters. The maximum Gasteiger partial charge on any atom is 0.124 e. The standard InChI is InChI=1S/C15H20N2OS/c1-11(16-3)8-13-4-6-14(7-5-13)18-10-15-9-17-12(2)19-15/h4-7,9,11,16H,8,10H2,1-3H3. The van der Waals surface area contributed by atoms with Crippen molar-refractivity contribution in [2.75, 3.05) is 7.05 Å². The molecule has 1 heterocycles. The Balaban J connectivity index is 1.88. The van der Waals surface area contributed by atoms with Gasteiger partial charge in [-0.25, -0.2) is 4.98 Å². The fraction of sp³-hybridized carbons (Fsp3) is 0.400. The zero-order chi connectivity index (χ0) is 13.7. The van der Waals surface area contributed by atoms with Gasteiger partial charge in [0.05, 0.1) is 9.88 Å². The molecule has 0 spiro atoms. The second kappa shape index (κ2) is 6.68. The van der Waals surface area contributed by atoms with Crippen molar-refractivity contribution in [1.82, 2.24) is 10.3 Å². The van der Waals surface area contributed by atoms with Crippen molar-refractivity contribution in [3.05, 3.63) is 45.9 Å². The molecular weight excluding hydrogens is 256 g/mol. The Morgan fingerprint density at radius 1 is 1.32 bits per heavy atom. The third-order valence-corrected chi connectivity index (χ3v) is 3.89. The van der Waals surface area contributed by atoms with E-state index in [2.05, 4.69) is 29.4 Å². The van der Waals surface area contributed by atoms with Gasteiger partial charge in [0.1, 0.15) is 12.4 Å². The summed E-state index contributed by atoms with van der Waals surface area (Å²) in [6.07, 6.45) is 2.91. The van der Waals surface area contributed by atoms with E-state index in [1.165, 1.54) is 5.56 Å². The number of aromatic nitrogens is 1. The largest absolute Gasteiger partial charge is 0.488 e. The Labute approximate surface area is 118 Å². The Kier molecular flexibility index (Phi) is 4.93. The number of aryl methyl sites for hydroxylation is 1. The number of ether oxygens (including phenoxy) is 1. The molecular formula is C15H20N2OS. The number of likely N-dealkylation sites (N-methyl/N-ethyl adjacent to an activating group) is 1. The fourth-order valence-corrected chi connectivity index (χ4v) is 2.51. The highest BCUT2D eigenvalue weighted by atomic mass is 32.1. The van der Waals surface area contributed by atoms with Crippen LogP contribution in [0.1, 0.15) is 22.4 Å². The molecule has 0 aliphatic rings. The third-order valence-electron chi connectivity index (χ3n) is 3.01. The molecule has 0 bridgehead atoms. The summed E-state index contributed by atoms with van der Waals surface area (Å²) < 4.78 is 5.75. The van der Waals surface area contributed by atoms with Crippen LogP contribution in [0.3, 0.4) is 0 Å². The van der Waals surface area contributed by atoms with Crippen LogP contribution in [0, 0.1) is 6.92 Å². The lowest BCUT2D eigenvalue weighted by atomic mass is 10.1. The van der Waals surface area contributed by atoms with E-state index in [0.717, 1.165) is 22.1 Å². The number of hydrogen-bond acceptors (Lipinski definition) is 4. The molecule has 1 aromatic heterocycles. The first-order chi connectivity index (χ1) is 9.17. The molecule has 1 N–H and O–H groups in total. The van der Waals surface area contributed by atoms with Crippen molar-refractivity contribution in [3.63, 3.8) is 0 Å². The summed E-state index contributed by atoms with van der Waals surface area (Å²) in [5.41, 5.74) is 1.32. The van der Waals surface area contributed by atoms with E-state index in [0.29, 0.717) is 12.6 Å². The number of nitrogens with zero attached hydrogens (tertiary/aromatic N) is 1. The average Bonchev–Trinajstić information content (AvgIpc) is 2.83. The Hall–Kier alpha value is -1.39. The summed E-state index contributed by atoms with van der Waals surface area (Å²) >= 11 is 1.68. The average molecular weight is 276 g/mol. The number of thiazole rings is 1. The second-order valence-corrected chi connectivity index (χ2v) is 5.99. The molecule has 102 valence electrons. The predicted octanol–water partition coefficient (Wildman–Crippen LogP) is 3.18. The molecule has 0 aliphatic heterocycles. The first-order valence-electron chi connectivity index (χ1n) is 6.47. The molecule has 3 nitrogen and oxygen atoms in total. The molecule has 2 aromatic rings. The van der Waals surface area contributed by atoms with Gasteiger partial charge >= 0.3 is 0 Å². The van der Waals surface area contributed by atoms with E-state index < -0.39 is 0 Å². The van der Waals surface area contributed by atoms with Gasteiger partial charge in [0, 0.05) is 12.2 Å². The van der Waals surface area contributed by atoms with Crippen LogP contribution in [0.25, 0.3) is 0 Å². The SMILES string of the molecule is CNC(C)Cc1ccc(OCc2cnc(C)s2)cc1. The smallest absolute Gasteiger partial charge is 0.124 e. The summed E-state index contributed by atoms with van der Waals surface area (Å²) in [5, 5.41) is 4.32. The van der Waals surface area contributed by atoms with Gasteiger partial charge in [0.2, 0.25) is 0 Å². The summed E-state index contributed by atoms with van der Waals surface area (Å²) in [6.45, 7) is 4.78. The van der Waals surface area contributed by atoms with Crippen molar-refractivity contribution in [3.8, 4) is 5.75 Å². The third kappa shape index (κ3) is 4.33. The van der Waals surface area contributed by atoms with Crippen LogP contribution < -0.4 is 10.1 Å². The van der Waals surface area contributed by atoms with Gasteiger partial charge in [0.25, 0.3) is 0 Å². The molecule has 0 radical (unpaired) electrons. The van der Waals surface area contributed by atoms with E-state index in [4.69, 9.17) is 4.74 Å². The summed E-state index contributed by atoms with van der Waals surface area (Å²) in [6, 6.07) is 8.81. The fourth-order valence-electron chi connectivity index (χ4n) is 1.80. The van der Waals surface area contributed by atoms with Crippen molar-refractivity contribution < 1.29 is 4.74 Å². The summed E-state index contributed by atoms with van der Waals surface area (Å²) in [7, 11) is 1.99. The first kappa shape index (κ1) is 14.0. The number of hydrogen-bond donors (Lipinski definition) is 1. The van der Waals surface area contributed by atoms with Crippen LogP contribution in [0.15, 0.2) is 30.5 Å². The molecule has 0 saturated carbocycles. The summed E-state index contributed by atoms with van der Waals surface area (Å²) in [4.78, 5) is 5.37. The number of rotatable bonds is 6. The molecule has 0 saturated heterocycles. The van der Waals surface area contributed by atoms with Gasteiger partial charge < -0.3 is 10.1 Å². The maximum absolute atomic E-state index is 5.75. The lowest BCUT2D eigenvalue weighted by molar-refractivity contribution is 0.309. The number of nitrogens with one attached hydrogen (secondary N) is 1. The highest BCUT2D eigenvalue weighted by molar-refractivity contribution is 7.11. The minimum Gasteiger partial charge on any atom is -0.488 e. The van der Waals surface area contributed by atoms with Crippen LogP contribution in [-0.4, -0.2) is 18.1 Å². The molecule has 19 heavy (non-hydrogen) atoms. The second-order valence-electron chi connectivity index (χ2n) is 4.67. The van der Waals surface area contributed by atoms with E-state index in [9.17, 15) is 0 Å². The minimum atomic E-state index is 0.493. The Bertz CT molecular complexity index is 507. The topological polar surface area (TPSA) is 34.1 Å². The van der Waals surface area contributed by atoms with Crippen molar-refractivity contribution >= 4 is 11.3 Å². The van der Waals surface area contributed by atoms with Crippen LogP contribution in [0.2, 0.25) is 0 Å². The summed E-state index contributed by atoms with van der Waals surface area (Å²) in [5.74, 6) is 0.909. The van der Waals surface area contributed by atoms with E-state index in [-0.39, 0.29) is 0 Å². The maximum atomic E-state index is 5.75. The van der Waals surface area contributed by atoms with Gasteiger partial charge in [-0.05, 0) is 45.0 Å². The van der Waals surface area contributed by atoms with Crippen LogP contribution in [0.5, 0.6) is 5.75 Å². The number of benzene rings is 1. The van der Waals surface area contributed by atoms with Crippen molar-refractivity contribution in [1.29, 1.82) is 0 Å². The zero-order valence-electron chi connectivity index (χ0n) is 11.6. The van der Waals surface area contributed by atoms with Gasteiger partial charge in [0.15, 0.2) is 0 Å². The van der Waals surface area contributed by atoms with Crippen molar-refractivity contribution in [2.24, 2.45) is 0 Å². The van der Waals surface area contributed by atoms with E-state index >= 15 is 0 Å². The lowest BCUT2D eigenvalue weighted by Crippen LogP contribution is -2.23. The molecule has 0 amide bonds. The zero-order valence-corrected chi connectivity index (χ0v) is 12.5. The lowest BCUT2D eigenvalue weighted by Gasteiger charge is -2.10. The van der Waals surface area contributed by atoms with E-state index in [1.807, 2.05) is 32.3 Å². The highest BCUT2D eigenvalue weighted by Gasteiger charge is 2.02. The molecule has 2 rings (SSSR count). The van der Waals surface area contributed by atoms with Crippen LogP contribution >= 0.6 is 11.3 Å². The van der Waals surface area contributed by atoms with Crippen LogP contribution in [0.4, 0.5) is 0 Å².